The third-order valence-electron chi connectivity index (χ3n) is 7.67. The van der Waals surface area contributed by atoms with E-state index in [0.29, 0.717) is 23.5 Å². The van der Waals surface area contributed by atoms with Crippen molar-refractivity contribution in [2.24, 2.45) is 23.2 Å². The second kappa shape index (κ2) is 6.75. The second-order valence-corrected chi connectivity index (χ2v) is 15.0. The van der Waals surface area contributed by atoms with E-state index in [1.807, 2.05) is 0 Å². The van der Waals surface area contributed by atoms with E-state index in [4.69, 9.17) is 4.43 Å². The molecule has 27 heavy (non-hydrogen) atoms. The van der Waals surface area contributed by atoms with E-state index in [0.717, 1.165) is 30.9 Å². The summed E-state index contributed by atoms with van der Waals surface area (Å²) in [6.07, 6.45) is 7.93. The third-order valence-corrected chi connectivity index (χ3v) is 8.51. The maximum Gasteiger partial charge on any atom is 0.242 e. The topological polar surface area (TPSA) is 26.3 Å². The molecule has 0 radical (unpaired) electrons. The molecule has 2 fully saturated rings. The van der Waals surface area contributed by atoms with Gasteiger partial charge in [-0.15, -0.1) is 0 Å². The van der Waals surface area contributed by atoms with Crippen LogP contribution in [0.1, 0.15) is 69.4 Å². The first-order valence-electron chi connectivity index (χ1n) is 11.1. The fraction of sp³-hybridized carbons (Fsp3) is 0.708. The average Bonchev–Trinajstić information content (AvgIpc) is 2.88. The molecule has 148 valence electrons. The molecule has 3 aliphatic carbocycles. The molecule has 5 atom stereocenters. The quantitative estimate of drug-likeness (QED) is 0.565. The first-order chi connectivity index (χ1) is 12.7. The Morgan fingerprint density at radius 1 is 1.22 bits per heavy atom. The molecule has 3 aliphatic rings. The van der Waals surface area contributed by atoms with Crippen LogP contribution in [0.2, 0.25) is 19.6 Å². The highest BCUT2D eigenvalue weighted by atomic mass is 28.4. The Bertz CT molecular complexity index is 734. The van der Waals surface area contributed by atoms with Gasteiger partial charge in [-0.2, -0.15) is 0 Å². The lowest BCUT2D eigenvalue weighted by molar-refractivity contribution is -0.130. The molecule has 1 aromatic rings. The Morgan fingerprint density at radius 2 is 2.00 bits per heavy atom. The Balaban J connectivity index is 1.70. The molecule has 0 aliphatic heterocycles. The van der Waals surface area contributed by atoms with Crippen molar-refractivity contribution in [3.63, 3.8) is 0 Å². The van der Waals surface area contributed by atoms with E-state index in [-0.39, 0.29) is 5.41 Å². The molecular weight excluding hydrogens is 348 g/mol. The van der Waals surface area contributed by atoms with Crippen LogP contribution >= 0.6 is 0 Å². The molecule has 0 unspecified atom stereocenters. The summed E-state index contributed by atoms with van der Waals surface area (Å²) < 4.78 is 6.29. The van der Waals surface area contributed by atoms with Crippen molar-refractivity contribution in [1.82, 2.24) is 0 Å². The Labute approximate surface area is 166 Å². The standard InChI is InChI=1S/C24H36O2Si/c1-6-7-16-14-17-15-18(26-27(3,4)5)8-9-19(17)20-12-13-24(2)21(23(16)20)10-11-22(24)25/h8-9,15-16,20-21,23H,6-7,10-14H2,1-5H3/t16-,20-,21+,23-,24+/m1/s1. The first kappa shape index (κ1) is 19.2. The molecule has 2 nitrogen and oxygen atoms in total. The SMILES string of the molecule is CCC[C@@H]1Cc2cc(O[Si](C)(C)C)ccc2[C@H]2CC[C@]3(C)C(=O)CC[C@H]3[C@H]12. The van der Waals surface area contributed by atoms with Crippen LogP contribution in [0.25, 0.3) is 0 Å². The van der Waals surface area contributed by atoms with E-state index in [9.17, 15) is 4.79 Å². The molecule has 0 saturated heterocycles. The minimum absolute atomic E-state index is 0.0362. The highest BCUT2D eigenvalue weighted by molar-refractivity contribution is 6.70. The Hall–Kier alpha value is -1.09. The molecule has 0 spiro atoms. The predicted molar refractivity (Wildman–Crippen MR) is 114 cm³/mol. The summed E-state index contributed by atoms with van der Waals surface area (Å²) in [4.78, 5) is 12.7. The van der Waals surface area contributed by atoms with E-state index < -0.39 is 8.32 Å². The van der Waals surface area contributed by atoms with Gasteiger partial charge in [-0.25, -0.2) is 0 Å². The van der Waals surface area contributed by atoms with E-state index in [1.54, 1.807) is 5.56 Å². The van der Waals surface area contributed by atoms with E-state index >= 15 is 0 Å². The number of benzene rings is 1. The van der Waals surface area contributed by atoms with Crippen molar-refractivity contribution in [3.8, 4) is 5.75 Å². The lowest BCUT2D eigenvalue weighted by Crippen LogP contribution is -2.46. The zero-order valence-electron chi connectivity index (χ0n) is 17.8. The fourth-order valence-electron chi connectivity index (χ4n) is 6.61. The predicted octanol–water partition coefficient (Wildman–Crippen LogP) is 6.35. The van der Waals surface area contributed by atoms with Gasteiger partial charge in [-0.1, -0.05) is 32.8 Å². The van der Waals surface area contributed by atoms with Gasteiger partial charge in [-0.3, -0.25) is 4.79 Å². The van der Waals surface area contributed by atoms with Crippen LogP contribution in [-0.2, 0) is 11.2 Å². The lowest BCUT2D eigenvalue weighted by atomic mass is 9.52. The maximum atomic E-state index is 12.7. The third kappa shape index (κ3) is 3.30. The molecule has 3 heteroatoms. The van der Waals surface area contributed by atoms with E-state index in [2.05, 4.69) is 51.7 Å². The largest absolute Gasteiger partial charge is 0.544 e. The van der Waals surface area contributed by atoms with Crippen molar-refractivity contribution >= 4 is 14.1 Å². The smallest absolute Gasteiger partial charge is 0.242 e. The molecule has 0 heterocycles. The van der Waals surface area contributed by atoms with Crippen LogP contribution < -0.4 is 4.43 Å². The number of hydrogen-bond donors (Lipinski definition) is 0. The fourth-order valence-corrected chi connectivity index (χ4v) is 7.44. The minimum atomic E-state index is -1.58. The number of ketones is 1. The van der Waals surface area contributed by atoms with Crippen molar-refractivity contribution in [2.45, 2.75) is 84.4 Å². The second-order valence-electron chi connectivity index (χ2n) is 10.5. The zero-order chi connectivity index (χ0) is 19.4. The highest BCUT2D eigenvalue weighted by Gasteiger charge is 2.56. The summed E-state index contributed by atoms with van der Waals surface area (Å²) in [5.41, 5.74) is 3.06. The maximum absolute atomic E-state index is 12.7. The Kier molecular flexibility index (Phi) is 4.81. The lowest BCUT2D eigenvalue weighted by Gasteiger charge is -2.51. The molecule has 0 N–H and O–H groups in total. The average molecular weight is 385 g/mol. The highest BCUT2D eigenvalue weighted by Crippen LogP contribution is 2.61. The number of rotatable bonds is 4. The van der Waals surface area contributed by atoms with Gasteiger partial charge in [0.25, 0.3) is 0 Å². The van der Waals surface area contributed by atoms with Crippen molar-refractivity contribution in [2.75, 3.05) is 0 Å². The normalized spacial score (nSPS) is 35.4. The van der Waals surface area contributed by atoms with Crippen molar-refractivity contribution < 1.29 is 9.22 Å². The summed E-state index contributed by atoms with van der Waals surface area (Å²) in [7, 11) is -1.58. The van der Waals surface area contributed by atoms with Crippen LogP contribution in [0.4, 0.5) is 0 Å². The van der Waals surface area contributed by atoms with Crippen LogP contribution in [0, 0.1) is 23.2 Å². The zero-order valence-corrected chi connectivity index (χ0v) is 18.8. The van der Waals surface area contributed by atoms with E-state index in [1.165, 1.54) is 31.2 Å². The van der Waals surface area contributed by atoms with Gasteiger partial charge in [0, 0.05) is 11.8 Å². The summed E-state index contributed by atoms with van der Waals surface area (Å²) in [5, 5.41) is 0. The summed E-state index contributed by atoms with van der Waals surface area (Å²) in [6, 6.07) is 6.92. The van der Waals surface area contributed by atoms with Gasteiger partial charge in [-0.05, 0) is 92.3 Å². The Morgan fingerprint density at radius 3 is 2.70 bits per heavy atom. The molecule has 1 aromatic carbocycles. The molecule has 2 saturated carbocycles. The van der Waals surface area contributed by atoms with Gasteiger partial charge < -0.3 is 4.43 Å². The van der Waals surface area contributed by atoms with Crippen LogP contribution in [0.15, 0.2) is 18.2 Å². The minimum Gasteiger partial charge on any atom is -0.544 e. The van der Waals surface area contributed by atoms with Crippen LogP contribution in [0.5, 0.6) is 5.75 Å². The molecular formula is C24H36O2Si. The van der Waals surface area contributed by atoms with Crippen molar-refractivity contribution in [3.05, 3.63) is 29.3 Å². The molecule has 0 aromatic heterocycles. The number of hydrogen-bond acceptors (Lipinski definition) is 2. The van der Waals surface area contributed by atoms with Gasteiger partial charge in [0.15, 0.2) is 0 Å². The summed E-state index contributed by atoms with van der Waals surface area (Å²) >= 11 is 0. The summed E-state index contributed by atoms with van der Waals surface area (Å²) in [6.45, 7) is 11.4. The molecule has 4 rings (SSSR count). The number of carbonyl (C=O) groups is 1. The van der Waals surface area contributed by atoms with Gasteiger partial charge >= 0.3 is 0 Å². The first-order valence-corrected chi connectivity index (χ1v) is 14.5. The number of Topliss-reactive ketones (excluding diaryl/α,β-unsaturated/α-hetero) is 1. The van der Waals surface area contributed by atoms with Gasteiger partial charge in [0.2, 0.25) is 8.32 Å². The molecule has 0 bridgehead atoms. The molecule has 0 amide bonds. The van der Waals surface area contributed by atoms with Gasteiger partial charge in [0.1, 0.15) is 11.5 Å². The number of fused-ring (bicyclic) bond motifs is 5. The van der Waals surface area contributed by atoms with Crippen LogP contribution in [-0.4, -0.2) is 14.1 Å². The van der Waals surface area contributed by atoms with Crippen molar-refractivity contribution in [1.29, 1.82) is 0 Å². The number of carbonyl (C=O) groups excluding carboxylic acids is 1. The monoisotopic (exact) mass is 384 g/mol. The van der Waals surface area contributed by atoms with Crippen LogP contribution in [0.3, 0.4) is 0 Å². The van der Waals surface area contributed by atoms with Gasteiger partial charge in [0.05, 0.1) is 0 Å². The summed E-state index contributed by atoms with van der Waals surface area (Å²) in [5.74, 6) is 4.29.